The topological polar surface area (TPSA) is 60.0 Å². The second-order valence-corrected chi connectivity index (χ2v) is 7.56. The minimum absolute atomic E-state index is 0.107. The van der Waals surface area contributed by atoms with E-state index in [4.69, 9.17) is 26.4 Å². The zero-order valence-corrected chi connectivity index (χ0v) is 18.0. The molecule has 3 rings (SSSR count). The maximum atomic E-state index is 13.0. The molecule has 2 aromatic carbocycles. The van der Waals surface area contributed by atoms with Crippen LogP contribution in [0.1, 0.15) is 19.4 Å². The van der Waals surface area contributed by atoms with Gasteiger partial charge < -0.3 is 24.4 Å². The predicted octanol–water partition coefficient (Wildman–Crippen LogP) is 3.64. The summed E-state index contributed by atoms with van der Waals surface area (Å²) >= 11 is 5.67. The van der Waals surface area contributed by atoms with Crippen LogP contribution < -0.4 is 14.8 Å². The largest absolute Gasteiger partial charge is 0.493 e. The van der Waals surface area contributed by atoms with Gasteiger partial charge in [0.2, 0.25) is 0 Å². The van der Waals surface area contributed by atoms with Crippen LogP contribution >= 0.6 is 12.2 Å². The summed E-state index contributed by atoms with van der Waals surface area (Å²) in [7, 11) is 1.53. The number of anilines is 1. The molecule has 0 bridgehead atoms. The van der Waals surface area contributed by atoms with Gasteiger partial charge in [-0.3, -0.25) is 4.79 Å². The summed E-state index contributed by atoms with van der Waals surface area (Å²) in [6, 6.07) is 10.9. The number of amides is 1. The van der Waals surface area contributed by atoms with E-state index in [0.29, 0.717) is 17.2 Å². The maximum Gasteiger partial charge on any atom is 0.262 e. The van der Waals surface area contributed by atoms with Crippen molar-refractivity contribution in [1.82, 2.24) is 4.90 Å². The number of morpholine rings is 1. The van der Waals surface area contributed by atoms with Gasteiger partial charge in [-0.1, -0.05) is 12.2 Å². The number of ether oxygens (including phenoxy) is 3. The monoisotopic (exact) mass is 432 g/mol. The molecule has 1 fully saturated rings. The van der Waals surface area contributed by atoms with E-state index in [1.807, 2.05) is 19.9 Å². The molecule has 1 aliphatic heterocycles. The Labute approximate surface area is 180 Å². The van der Waals surface area contributed by atoms with Gasteiger partial charge in [0, 0.05) is 24.3 Å². The van der Waals surface area contributed by atoms with Crippen LogP contribution in [0, 0.1) is 5.82 Å². The number of thiocarbonyl (C=S) groups is 1. The number of halogens is 1. The number of nitrogens with one attached hydrogen (secondary N) is 1. The Kier molecular flexibility index (Phi) is 7.23. The van der Waals surface area contributed by atoms with Crippen LogP contribution in [-0.2, 0) is 9.53 Å². The molecule has 0 saturated carbocycles. The first-order valence-corrected chi connectivity index (χ1v) is 10.1. The number of carbonyl (C=O) groups is 1. The predicted molar refractivity (Wildman–Crippen MR) is 117 cm³/mol. The zero-order chi connectivity index (χ0) is 21.7. The molecule has 160 valence electrons. The van der Waals surface area contributed by atoms with E-state index >= 15 is 0 Å². The fraction of sp³-hybridized carbons (Fsp3) is 0.364. The lowest BCUT2D eigenvalue weighted by Crippen LogP contribution is -2.47. The van der Waals surface area contributed by atoms with Crippen molar-refractivity contribution in [3.8, 4) is 11.5 Å². The van der Waals surface area contributed by atoms with Gasteiger partial charge in [0.25, 0.3) is 5.91 Å². The van der Waals surface area contributed by atoms with Crippen LogP contribution in [0.4, 0.5) is 10.1 Å². The summed E-state index contributed by atoms with van der Waals surface area (Å²) in [6.07, 6.45) is 0.214. The number of benzene rings is 2. The Bertz CT molecular complexity index is 897. The van der Waals surface area contributed by atoms with E-state index < -0.39 is 0 Å². The normalized spacial score (nSPS) is 18.6. The quantitative estimate of drug-likeness (QED) is 0.704. The van der Waals surface area contributed by atoms with Gasteiger partial charge in [-0.05, 0) is 56.3 Å². The fourth-order valence-electron chi connectivity index (χ4n) is 3.32. The molecule has 1 saturated heterocycles. The molecule has 30 heavy (non-hydrogen) atoms. The summed E-state index contributed by atoms with van der Waals surface area (Å²) in [6.45, 7) is 5.30. The van der Waals surface area contributed by atoms with Crippen LogP contribution in [0.3, 0.4) is 0 Å². The highest BCUT2D eigenvalue weighted by Crippen LogP contribution is 2.29. The van der Waals surface area contributed by atoms with Gasteiger partial charge in [0.05, 0.1) is 19.3 Å². The number of rotatable bonds is 6. The molecule has 0 spiro atoms. The van der Waals surface area contributed by atoms with Crippen molar-refractivity contribution in [1.29, 1.82) is 0 Å². The molecule has 2 aromatic rings. The molecular weight excluding hydrogens is 407 g/mol. The lowest BCUT2D eigenvalue weighted by molar-refractivity contribution is -0.118. The van der Waals surface area contributed by atoms with Gasteiger partial charge in [-0.25, -0.2) is 4.39 Å². The van der Waals surface area contributed by atoms with Crippen molar-refractivity contribution in [3.63, 3.8) is 0 Å². The van der Waals surface area contributed by atoms with Gasteiger partial charge in [-0.2, -0.15) is 0 Å². The van der Waals surface area contributed by atoms with Gasteiger partial charge in [-0.15, -0.1) is 0 Å². The molecular formula is C22H25FN2O4S. The average molecular weight is 433 g/mol. The standard InChI is InChI=1S/C22H25FN2O4S/c1-14-11-25(12-15(2)29-14)22(30)16-4-9-19(20(10-16)27-3)28-13-21(26)24-18-7-5-17(23)6-8-18/h4-10,14-15H,11-13H2,1-3H3,(H,24,26)/t14-,15-/m1/s1. The number of nitrogens with zero attached hydrogens (tertiary/aromatic N) is 1. The third-order valence-electron chi connectivity index (χ3n) is 4.60. The lowest BCUT2D eigenvalue weighted by atomic mass is 10.1. The Balaban J connectivity index is 1.63. The average Bonchev–Trinajstić information content (AvgIpc) is 2.72. The minimum Gasteiger partial charge on any atom is -0.493 e. The van der Waals surface area contributed by atoms with Crippen molar-refractivity contribution in [3.05, 3.63) is 53.8 Å². The molecule has 1 N–H and O–H groups in total. The summed E-state index contributed by atoms with van der Waals surface area (Å²) in [5.74, 6) is 0.188. The van der Waals surface area contributed by atoms with Crippen molar-refractivity contribution >= 4 is 28.8 Å². The Morgan fingerprint density at radius 3 is 2.47 bits per heavy atom. The van der Waals surface area contributed by atoms with Crippen molar-refractivity contribution in [2.45, 2.75) is 26.1 Å². The van der Waals surface area contributed by atoms with E-state index in [1.54, 1.807) is 12.1 Å². The highest BCUT2D eigenvalue weighted by molar-refractivity contribution is 7.80. The van der Waals surface area contributed by atoms with Crippen LogP contribution in [0.5, 0.6) is 11.5 Å². The number of hydrogen-bond donors (Lipinski definition) is 1. The first kappa shape index (κ1) is 22.0. The second-order valence-electron chi connectivity index (χ2n) is 7.18. The summed E-state index contributed by atoms with van der Waals surface area (Å²) in [4.78, 5) is 14.9. The van der Waals surface area contributed by atoms with Crippen LogP contribution in [0.25, 0.3) is 0 Å². The van der Waals surface area contributed by atoms with Gasteiger partial charge >= 0.3 is 0 Å². The molecule has 1 amide bonds. The first-order chi connectivity index (χ1) is 14.4. The Hall–Kier alpha value is -2.71. The third kappa shape index (κ3) is 5.67. The number of methoxy groups -OCH3 is 1. The second kappa shape index (κ2) is 9.86. The first-order valence-electron chi connectivity index (χ1n) is 9.66. The Morgan fingerprint density at radius 2 is 1.83 bits per heavy atom. The Morgan fingerprint density at radius 1 is 1.17 bits per heavy atom. The van der Waals surface area contributed by atoms with Gasteiger partial charge in [0.15, 0.2) is 18.1 Å². The summed E-state index contributed by atoms with van der Waals surface area (Å²) < 4.78 is 29.8. The number of carbonyl (C=O) groups excluding carboxylic acids is 1. The third-order valence-corrected chi connectivity index (χ3v) is 5.10. The van der Waals surface area contributed by atoms with Crippen molar-refractivity contribution in [2.24, 2.45) is 0 Å². The van der Waals surface area contributed by atoms with E-state index in [2.05, 4.69) is 10.2 Å². The summed E-state index contributed by atoms with van der Waals surface area (Å²) in [5, 5.41) is 2.65. The fourth-order valence-corrected chi connectivity index (χ4v) is 3.60. The molecule has 0 aromatic heterocycles. The molecule has 2 atom stereocenters. The molecule has 6 nitrogen and oxygen atoms in total. The minimum atomic E-state index is -0.368. The van der Waals surface area contributed by atoms with Crippen LogP contribution in [0.15, 0.2) is 42.5 Å². The SMILES string of the molecule is COc1cc(C(=S)N2C[C@@H](C)O[C@H](C)C2)ccc1OCC(=O)Nc1ccc(F)cc1. The molecule has 0 unspecified atom stereocenters. The van der Waals surface area contributed by atoms with Gasteiger partial charge in [0.1, 0.15) is 10.8 Å². The number of hydrogen-bond acceptors (Lipinski definition) is 5. The van der Waals surface area contributed by atoms with Crippen LogP contribution in [0.2, 0.25) is 0 Å². The highest BCUT2D eigenvalue weighted by atomic mass is 32.1. The zero-order valence-electron chi connectivity index (χ0n) is 17.2. The van der Waals surface area contributed by atoms with E-state index in [-0.39, 0.29) is 30.5 Å². The molecule has 0 aliphatic carbocycles. The molecule has 0 radical (unpaired) electrons. The maximum absolute atomic E-state index is 13.0. The summed E-state index contributed by atoms with van der Waals surface area (Å²) in [5.41, 5.74) is 1.33. The molecule has 8 heteroatoms. The lowest BCUT2D eigenvalue weighted by Gasteiger charge is -2.37. The van der Waals surface area contributed by atoms with Crippen molar-refractivity contribution < 1.29 is 23.4 Å². The van der Waals surface area contributed by atoms with E-state index in [1.165, 1.54) is 31.4 Å². The van der Waals surface area contributed by atoms with Crippen LogP contribution in [-0.4, -0.2) is 54.8 Å². The molecule has 1 aliphatic rings. The van der Waals surface area contributed by atoms with E-state index in [0.717, 1.165) is 23.6 Å². The highest BCUT2D eigenvalue weighted by Gasteiger charge is 2.25. The molecule has 1 heterocycles. The smallest absolute Gasteiger partial charge is 0.262 e. The van der Waals surface area contributed by atoms with E-state index in [9.17, 15) is 9.18 Å². The van der Waals surface area contributed by atoms with Crippen molar-refractivity contribution in [2.75, 3.05) is 32.1 Å².